The zero-order valence-corrected chi connectivity index (χ0v) is 27.8. The van der Waals surface area contributed by atoms with Crippen LogP contribution in [0.1, 0.15) is 61.3 Å². The van der Waals surface area contributed by atoms with Gasteiger partial charge in [-0.1, -0.05) is 128 Å². The number of piperidine rings is 2. The quantitative estimate of drug-likeness (QED) is 0.182. The Morgan fingerprint density at radius 3 is 1.38 bits per heavy atom. The third kappa shape index (κ3) is 10.9. The van der Waals surface area contributed by atoms with Gasteiger partial charge in [0.2, 0.25) is 11.8 Å². The predicted octanol–water partition coefficient (Wildman–Crippen LogP) is 7.06. The smallest absolute Gasteiger partial charge is 0.222 e. The van der Waals surface area contributed by atoms with Crippen molar-refractivity contribution < 1.29 is 9.59 Å². The number of hydrogen-bond acceptors (Lipinski definition) is 4. The van der Waals surface area contributed by atoms with Crippen molar-refractivity contribution in [1.82, 2.24) is 20.0 Å². The van der Waals surface area contributed by atoms with Crippen LogP contribution in [0.5, 0.6) is 0 Å². The largest absolute Gasteiger partial charge is 0.355 e. The Labute approximate surface area is 281 Å². The molecule has 0 bridgehead atoms. The van der Waals surface area contributed by atoms with Crippen LogP contribution in [0, 0.1) is 0 Å². The summed E-state index contributed by atoms with van der Waals surface area (Å²) in [7, 11) is 0. The van der Waals surface area contributed by atoms with E-state index in [1.807, 2.05) is 12.1 Å². The van der Waals surface area contributed by atoms with Crippen LogP contribution in [0.25, 0.3) is 0 Å². The van der Waals surface area contributed by atoms with Crippen LogP contribution in [0.2, 0.25) is 0 Å². The van der Waals surface area contributed by atoms with E-state index in [4.69, 9.17) is 0 Å². The first-order valence-electron chi connectivity index (χ1n) is 17.3. The average Bonchev–Trinajstić information content (AvgIpc) is 3.11. The van der Waals surface area contributed by atoms with Gasteiger partial charge in [0.15, 0.2) is 0 Å². The lowest BCUT2D eigenvalue weighted by Crippen LogP contribution is -2.49. The number of carbonyl (C=O) groups is 2. The third-order valence-electron chi connectivity index (χ3n) is 9.16. The van der Waals surface area contributed by atoms with Crippen LogP contribution in [0.4, 0.5) is 0 Å². The normalized spacial score (nSPS) is 18.1. The Balaban J connectivity index is 0.000000186. The first-order chi connectivity index (χ1) is 23.1. The summed E-state index contributed by atoms with van der Waals surface area (Å²) < 4.78 is 0. The molecular formula is C41H50N4O2. The Bertz CT molecular complexity index is 1390. The Kier molecular flexibility index (Phi) is 13.2. The van der Waals surface area contributed by atoms with Crippen molar-refractivity contribution in [3.63, 3.8) is 0 Å². The molecule has 6 nitrogen and oxygen atoms in total. The van der Waals surface area contributed by atoms with E-state index >= 15 is 0 Å². The molecule has 0 aliphatic carbocycles. The Hall–Kier alpha value is -4.26. The molecule has 0 aromatic heterocycles. The number of benzene rings is 4. The van der Waals surface area contributed by atoms with Gasteiger partial charge in [-0.15, -0.1) is 0 Å². The van der Waals surface area contributed by atoms with Gasteiger partial charge in [0.1, 0.15) is 0 Å². The molecule has 0 spiro atoms. The fourth-order valence-electron chi connectivity index (χ4n) is 6.61. The fraction of sp³-hybridized carbons (Fsp3) is 0.366. The number of hydrogen-bond donors (Lipinski definition) is 1. The molecule has 2 aliphatic heterocycles. The molecule has 2 fully saturated rings. The molecule has 6 rings (SSSR count). The molecule has 1 N–H and O–H groups in total. The maximum absolute atomic E-state index is 12.2. The maximum atomic E-state index is 12.2. The van der Waals surface area contributed by atoms with Crippen molar-refractivity contribution in [3.05, 3.63) is 144 Å². The maximum Gasteiger partial charge on any atom is 0.222 e. The zero-order valence-electron chi connectivity index (χ0n) is 27.8. The summed E-state index contributed by atoms with van der Waals surface area (Å²) in [4.78, 5) is 30.7. The van der Waals surface area contributed by atoms with Crippen molar-refractivity contribution in [1.29, 1.82) is 0 Å². The number of rotatable bonds is 12. The van der Waals surface area contributed by atoms with Crippen LogP contribution in [0.15, 0.2) is 121 Å². The molecule has 2 amide bonds. The van der Waals surface area contributed by atoms with Crippen molar-refractivity contribution in [2.75, 3.05) is 19.6 Å². The van der Waals surface area contributed by atoms with Crippen LogP contribution in [-0.4, -0.2) is 58.2 Å². The second-order valence-electron chi connectivity index (χ2n) is 12.8. The van der Waals surface area contributed by atoms with E-state index in [0.29, 0.717) is 30.8 Å². The summed E-state index contributed by atoms with van der Waals surface area (Å²) in [6.45, 7) is 8.29. The lowest BCUT2D eigenvalue weighted by Gasteiger charge is -2.39. The molecule has 0 radical (unpaired) electrons. The van der Waals surface area contributed by atoms with Crippen molar-refractivity contribution >= 4 is 11.8 Å². The molecule has 4 aromatic rings. The van der Waals surface area contributed by atoms with E-state index in [9.17, 15) is 9.59 Å². The highest BCUT2D eigenvalue weighted by Crippen LogP contribution is 2.22. The minimum Gasteiger partial charge on any atom is -0.355 e. The Morgan fingerprint density at radius 2 is 1.00 bits per heavy atom. The molecule has 47 heavy (non-hydrogen) atoms. The number of amides is 2. The van der Waals surface area contributed by atoms with Gasteiger partial charge in [0, 0.05) is 70.7 Å². The SMILES string of the molecule is CCCN1C[C@@H](N(Cc2ccccc2)Cc2ccccc2)CCC1=O.O=C1CC[C@H](N(Cc2ccccc2)Cc2ccccc2)CN1. The van der Waals surface area contributed by atoms with Crippen LogP contribution < -0.4 is 5.32 Å². The summed E-state index contributed by atoms with van der Waals surface area (Å²) in [6, 6.07) is 43.2. The molecule has 0 saturated carbocycles. The van der Waals surface area contributed by atoms with Gasteiger partial charge in [-0.05, 0) is 41.5 Å². The van der Waals surface area contributed by atoms with Crippen molar-refractivity contribution in [2.24, 2.45) is 0 Å². The lowest BCUT2D eigenvalue weighted by molar-refractivity contribution is -0.135. The number of nitrogens with zero attached hydrogens (tertiary/aromatic N) is 3. The summed E-state index contributed by atoms with van der Waals surface area (Å²) in [5.74, 6) is 0.494. The van der Waals surface area contributed by atoms with Crippen LogP contribution in [-0.2, 0) is 35.8 Å². The van der Waals surface area contributed by atoms with Gasteiger partial charge in [0.05, 0.1) is 0 Å². The van der Waals surface area contributed by atoms with Gasteiger partial charge in [-0.25, -0.2) is 0 Å². The highest BCUT2D eigenvalue weighted by molar-refractivity contribution is 5.77. The first kappa shape index (κ1) is 34.1. The van der Waals surface area contributed by atoms with E-state index in [1.54, 1.807) is 0 Å². The molecular weight excluding hydrogens is 580 g/mol. The monoisotopic (exact) mass is 630 g/mol. The molecule has 2 aliphatic rings. The van der Waals surface area contributed by atoms with Gasteiger partial charge in [-0.3, -0.25) is 19.4 Å². The minimum atomic E-state index is 0.177. The summed E-state index contributed by atoms with van der Waals surface area (Å²) >= 11 is 0. The van der Waals surface area contributed by atoms with E-state index < -0.39 is 0 Å². The van der Waals surface area contributed by atoms with E-state index in [2.05, 4.69) is 136 Å². The van der Waals surface area contributed by atoms with Gasteiger partial charge in [-0.2, -0.15) is 0 Å². The number of nitrogens with one attached hydrogen (secondary N) is 1. The standard InChI is InChI=1S/C22H28N2O.C19H22N2O/c1-2-15-23-18-21(13-14-22(23)25)24(16-19-9-5-3-6-10-19)17-20-11-7-4-8-12-20;22-19-12-11-18(13-20-19)21(14-16-7-3-1-4-8-16)15-17-9-5-2-6-10-17/h3-12,21H,2,13-18H2,1H3;1-10,18H,11-15H2,(H,20,22)/t21-;18-/m00/s1. The van der Waals surface area contributed by atoms with Crippen molar-refractivity contribution in [2.45, 2.75) is 77.3 Å². The molecule has 2 saturated heterocycles. The fourth-order valence-corrected chi connectivity index (χ4v) is 6.61. The Morgan fingerprint density at radius 1 is 0.596 bits per heavy atom. The van der Waals surface area contributed by atoms with Gasteiger partial charge in [0.25, 0.3) is 0 Å². The second-order valence-corrected chi connectivity index (χ2v) is 12.8. The first-order valence-corrected chi connectivity index (χ1v) is 17.3. The average molecular weight is 631 g/mol. The molecule has 2 heterocycles. The zero-order chi connectivity index (χ0) is 32.7. The van der Waals surface area contributed by atoms with E-state index in [0.717, 1.165) is 65.1 Å². The topological polar surface area (TPSA) is 55.9 Å². The molecule has 6 heteroatoms. The van der Waals surface area contributed by atoms with Gasteiger partial charge >= 0.3 is 0 Å². The van der Waals surface area contributed by atoms with Crippen LogP contribution >= 0.6 is 0 Å². The molecule has 0 unspecified atom stereocenters. The molecule has 4 aromatic carbocycles. The van der Waals surface area contributed by atoms with Crippen LogP contribution in [0.3, 0.4) is 0 Å². The highest BCUT2D eigenvalue weighted by Gasteiger charge is 2.29. The highest BCUT2D eigenvalue weighted by atomic mass is 16.2. The number of likely N-dealkylation sites (tertiary alicyclic amines) is 1. The minimum absolute atomic E-state index is 0.177. The summed E-state index contributed by atoms with van der Waals surface area (Å²) in [6.07, 6.45) is 4.22. The van der Waals surface area contributed by atoms with E-state index in [-0.39, 0.29) is 5.91 Å². The second kappa shape index (κ2) is 18.2. The molecule has 2 atom stereocenters. The summed E-state index contributed by atoms with van der Waals surface area (Å²) in [5.41, 5.74) is 5.29. The molecule has 246 valence electrons. The summed E-state index contributed by atoms with van der Waals surface area (Å²) in [5, 5.41) is 3.00. The third-order valence-corrected chi connectivity index (χ3v) is 9.16. The van der Waals surface area contributed by atoms with E-state index in [1.165, 1.54) is 22.3 Å². The number of carbonyl (C=O) groups excluding carboxylic acids is 2. The van der Waals surface area contributed by atoms with Gasteiger partial charge < -0.3 is 10.2 Å². The predicted molar refractivity (Wildman–Crippen MR) is 190 cm³/mol. The van der Waals surface area contributed by atoms with Crippen molar-refractivity contribution in [3.8, 4) is 0 Å². The lowest BCUT2D eigenvalue weighted by atomic mass is 10.0.